The molecule has 1 aromatic carbocycles. The number of allylic oxidation sites excluding steroid dienone is 1. The predicted octanol–water partition coefficient (Wildman–Crippen LogP) is 1.89. The minimum Gasteiger partial charge on any atom is -0.508 e. The van der Waals surface area contributed by atoms with Gasteiger partial charge in [-0.1, -0.05) is 18.2 Å². The first-order chi connectivity index (χ1) is 5.70. The highest BCUT2D eigenvalue weighted by Crippen LogP contribution is 2.16. The van der Waals surface area contributed by atoms with Crippen LogP contribution in [0.4, 0.5) is 0 Å². The number of aliphatic hydroxyl groups is 2. The Hall–Kier alpha value is -1.64. The summed E-state index contributed by atoms with van der Waals surface area (Å²) >= 11 is 0. The van der Waals surface area contributed by atoms with Crippen molar-refractivity contribution in [3.8, 4) is 5.75 Å². The van der Waals surface area contributed by atoms with Crippen molar-refractivity contribution in [2.45, 2.75) is 6.42 Å². The van der Waals surface area contributed by atoms with Crippen molar-refractivity contribution in [3.05, 3.63) is 41.9 Å². The van der Waals surface area contributed by atoms with Crippen molar-refractivity contribution in [3.63, 3.8) is 0 Å². The van der Waals surface area contributed by atoms with E-state index in [0.717, 1.165) is 0 Å². The predicted molar refractivity (Wildman–Crippen MR) is 45.2 cm³/mol. The van der Waals surface area contributed by atoms with Crippen LogP contribution in [0.5, 0.6) is 5.75 Å². The quantitative estimate of drug-likeness (QED) is 0.588. The van der Waals surface area contributed by atoms with Gasteiger partial charge in [0.25, 0.3) is 5.95 Å². The number of rotatable bonds is 2. The van der Waals surface area contributed by atoms with Gasteiger partial charge in [0, 0.05) is 12.5 Å². The molecule has 0 aliphatic heterocycles. The molecule has 0 fully saturated rings. The van der Waals surface area contributed by atoms with Crippen molar-refractivity contribution in [1.82, 2.24) is 0 Å². The van der Waals surface area contributed by atoms with E-state index in [1.165, 1.54) is 6.08 Å². The summed E-state index contributed by atoms with van der Waals surface area (Å²) < 4.78 is 0. The normalized spacial score (nSPS) is 9.33. The molecule has 0 saturated heterocycles. The van der Waals surface area contributed by atoms with Crippen LogP contribution in [-0.2, 0) is 6.42 Å². The third-order valence-corrected chi connectivity index (χ3v) is 1.50. The molecule has 0 bridgehead atoms. The summed E-state index contributed by atoms with van der Waals surface area (Å²) in [5.74, 6) is -0.562. The minimum atomic E-state index is -0.724. The van der Waals surface area contributed by atoms with Gasteiger partial charge in [-0.05, 0) is 11.6 Å². The lowest BCUT2D eigenvalue weighted by atomic mass is 10.1. The summed E-state index contributed by atoms with van der Waals surface area (Å²) in [5, 5.41) is 26.1. The standard InChI is InChI=1S/C9H10O3/c10-8-4-2-1-3-7(8)5-6-9(11)12/h1-4,6,10-12H,5H2. The molecule has 0 heterocycles. The van der Waals surface area contributed by atoms with Gasteiger partial charge in [-0.15, -0.1) is 0 Å². The van der Waals surface area contributed by atoms with Crippen LogP contribution in [-0.4, -0.2) is 15.3 Å². The number of hydrogen-bond donors (Lipinski definition) is 3. The number of phenolic OH excluding ortho intramolecular Hbond substituents is 1. The molecule has 0 spiro atoms. The Morgan fingerprint density at radius 1 is 1.25 bits per heavy atom. The zero-order valence-corrected chi connectivity index (χ0v) is 6.44. The molecule has 0 unspecified atom stereocenters. The number of phenols is 1. The van der Waals surface area contributed by atoms with Crippen molar-refractivity contribution in [2.24, 2.45) is 0 Å². The number of aliphatic hydroxyl groups excluding tert-OH is 1. The highest BCUT2D eigenvalue weighted by Gasteiger charge is 1.96. The average molecular weight is 166 g/mol. The van der Waals surface area contributed by atoms with E-state index in [1.54, 1.807) is 24.3 Å². The van der Waals surface area contributed by atoms with Gasteiger partial charge in [-0.2, -0.15) is 0 Å². The van der Waals surface area contributed by atoms with E-state index in [-0.39, 0.29) is 5.75 Å². The molecule has 0 radical (unpaired) electrons. The largest absolute Gasteiger partial charge is 0.508 e. The van der Waals surface area contributed by atoms with Gasteiger partial charge in [0.1, 0.15) is 5.75 Å². The molecule has 3 heteroatoms. The molecule has 0 aliphatic rings. The molecule has 0 aromatic heterocycles. The second-order valence-corrected chi connectivity index (χ2v) is 2.40. The summed E-state index contributed by atoms with van der Waals surface area (Å²) in [5.41, 5.74) is 0.665. The van der Waals surface area contributed by atoms with Crippen LogP contribution >= 0.6 is 0 Å². The van der Waals surface area contributed by atoms with Gasteiger partial charge < -0.3 is 15.3 Å². The maximum atomic E-state index is 9.23. The minimum absolute atomic E-state index is 0.162. The lowest BCUT2D eigenvalue weighted by molar-refractivity contribution is 0.189. The second-order valence-electron chi connectivity index (χ2n) is 2.40. The molecule has 1 rings (SSSR count). The number of aromatic hydroxyl groups is 1. The first-order valence-corrected chi connectivity index (χ1v) is 3.55. The first kappa shape index (κ1) is 8.46. The van der Waals surface area contributed by atoms with Crippen LogP contribution in [0.25, 0.3) is 0 Å². The Labute approximate surface area is 70.2 Å². The third-order valence-electron chi connectivity index (χ3n) is 1.50. The van der Waals surface area contributed by atoms with Crippen LogP contribution in [0.2, 0.25) is 0 Å². The smallest absolute Gasteiger partial charge is 0.270 e. The molecular weight excluding hydrogens is 156 g/mol. The molecule has 12 heavy (non-hydrogen) atoms. The average Bonchev–Trinajstić information content (AvgIpc) is 2.03. The maximum absolute atomic E-state index is 9.23. The molecule has 3 N–H and O–H groups in total. The number of para-hydroxylation sites is 1. The van der Waals surface area contributed by atoms with E-state index in [9.17, 15) is 5.11 Å². The van der Waals surface area contributed by atoms with Crippen molar-refractivity contribution >= 4 is 0 Å². The van der Waals surface area contributed by atoms with E-state index in [2.05, 4.69) is 0 Å². The zero-order chi connectivity index (χ0) is 8.97. The molecule has 64 valence electrons. The third kappa shape index (κ3) is 2.20. The number of hydrogen-bond acceptors (Lipinski definition) is 3. The highest BCUT2D eigenvalue weighted by molar-refractivity contribution is 5.33. The van der Waals surface area contributed by atoms with E-state index in [0.29, 0.717) is 12.0 Å². The lowest BCUT2D eigenvalue weighted by Crippen LogP contribution is -1.84. The first-order valence-electron chi connectivity index (χ1n) is 3.55. The lowest BCUT2D eigenvalue weighted by Gasteiger charge is -1.98. The Balaban J connectivity index is 2.76. The van der Waals surface area contributed by atoms with Crippen LogP contribution in [0.3, 0.4) is 0 Å². The fourth-order valence-electron chi connectivity index (χ4n) is 0.885. The fraction of sp³-hybridized carbons (Fsp3) is 0.111. The molecule has 1 aromatic rings. The van der Waals surface area contributed by atoms with E-state index in [1.807, 2.05) is 0 Å². The molecule has 0 aliphatic carbocycles. The summed E-state index contributed by atoms with van der Waals surface area (Å²) in [6, 6.07) is 6.75. The van der Waals surface area contributed by atoms with Crippen molar-refractivity contribution in [1.29, 1.82) is 0 Å². The highest BCUT2D eigenvalue weighted by atomic mass is 16.5. The van der Waals surface area contributed by atoms with E-state index >= 15 is 0 Å². The van der Waals surface area contributed by atoms with Gasteiger partial charge in [-0.3, -0.25) is 0 Å². The van der Waals surface area contributed by atoms with Crippen LogP contribution in [0.1, 0.15) is 5.56 Å². The van der Waals surface area contributed by atoms with E-state index < -0.39 is 5.95 Å². The van der Waals surface area contributed by atoms with Gasteiger partial charge in [0.2, 0.25) is 0 Å². The van der Waals surface area contributed by atoms with Gasteiger partial charge in [-0.25, -0.2) is 0 Å². The van der Waals surface area contributed by atoms with Crippen molar-refractivity contribution in [2.75, 3.05) is 0 Å². The summed E-state index contributed by atoms with van der Waals surface area (Å²) in [7, 11) is 0. The molecule has 3 nitrogen and oxygen atoms in total. The molecular formula is C9H10O3. The Morgan fingerprint density at radius 3 is 2.50 bits per heavy atom. The van der Waals surface area contributed by atoms with Crippen LogP contribution in [0.15, 0.2) is 36.3 Å². The zero-order valence-electron chi connectivity index (χ0n) is 6.44. The Kier molecular flexibility index (Phi) is 2.58. The summed E-state index contributed by atoms with van der Waals surface area (Å²) in [6.07, 6.45) is 1.53. The monoisotopic (exact) mass is 166 g/mol. The van der Waals surface area contributed by atoms with Gasteiger partial charge in [0.05, 0.1) is 0 Å². The second kappa shape index (κ2) is 3.67. The fourth-order valence-corrected chi connectivity index (χ4v) is 0.885. The molecule has 0 atom stereocenters. The SMILES string of the molecule is OC(O)=CCc1ccccc1O. The summed E-state index contributed by atoms with van der Waals surface area (Å²) in [4.78, 5) is 0. The van der Waals surface area contributed by atoms with Crippen LogP contribution < -0.4 is 0 Å². The summed E-state index contributed by atoms with van der Waals surface area (Å²) in [6.45, 7) is 0. The maximum Gasteiger partial charge on any atom is 0.270 e. The topological polar surface area (TPSA) is 60.7 Å². The van der Waals surface area contributed by atoms with Crippen LogP contribution in [0, 0.1) is 0 Å². The Morgan fingerprint density at radius 2 is 1.92 bits per heavy atom. The van der Waals surface area contributed by atoms with Crippen molar-refractivity contribution < 1.29 is 15.3 Å². The molecule has 0 amide bonds. The number of benzene rings is 1. The van der Waals surface area contributed by atoms with Gasteiger partial charge >= 0.3 is 0 Å². The van der Waals surface area contributed by atoms with Gasteiger partial charge in [0.15, 0.2) is 0 Å². The molecule has 0 saturated carbocycles. The Bertz CT molecular complexity index is 288. The van der Waals surface area contributed by atoms with E-state index in [4.69, 9.17) is 10.2 Å².